The summed E-state index contributed by atoms with van der Waals surface area (Å²) in [5, 5.41) is 1.80. The third-order valence-corrected chi connectivity index (χ3v) is 7.63. The average Bonchev–Trinajstić information content (AvgIpc) is 2.93. The van der Waals surface area contributed by atoms with E-state index < -0.39 is 5.91 Å². The van der Waals surface area contributed by atoms with Crippen LogP contribution in [0.3, 0.4) is 0 Å². The van der Waals surface area contributed by atoms with Crippen LogP contribution in [0.4, 0.5) is 17.1 Å². The number of methoxy groups -OCH3 is 1. The van der Waals surface area contributed by atoms with Gasteiger partial charge in [-0.2, -0.15) is 0 Å². The molecule has 0 saturated carbocycles. The van der Waals surface area contributed by atoms with E-state index in [1.54, 1.807) is 29.3 Å². The number of aryl methyl sites for hydroxylation is 1. The van der Waals surface area contributed by atoms with Crippen LogP contribution in [0.15, 0.2) is 59.1 Å². The molecule has 204 valence electrons. The summed E-state index contributed by atoms with van der Waals surface area (Å²) in [5.74, 6) is -0.613. The Hall–Kier alpha value is -3.85. The zero-order chi connectivity index (χ0) is 28.1. The molecule has 0 bridgehead atoms. The predicted octanol–water partition coefficient (Wildman–Crippen LogP) is 5.47. The molecule has 4 rings (SSSR count). The molecule has 0 radical (unpaired) electrons. The van der Waals surface area contributed by atoms with Crippen LogP contribution in [0.1, 0.15) is 58.0 Å². The predicted molar refractivity (Wildman–Crippen MR) is 157 cm³/mol. The van der Waals surface area contributed by atoms with Crippen molar-refractivity contribution in [2.75, 3.05) is 30.1 Å². The van der Waals surface area contributed by atoms with Crippen LogP contribution in [0.25, 0.3) is 0 Å². The zero-order valence-corrected chi connectivity index (χ0v) is 24.0. The number of benzene rings is 3. The number of primary amides is 1. The van der Waals surface area contributed by atoms with Gasteiger partial charge in [-0.3, -0.25) is 24.8 Å². The molecule has 0 aliphatic carbocycles. The van der Waals surface area contributed by atoms with Gasteiger partial charge in [0.25, 0.3) is 5.91 Å². The highest BCUT2D eigenvalue weighted by Crippen LogP contribution is 2.38. The average molecular weight is 594 g/mol. The Balaban J connectivity index is 1.72. The fourth-order valence-corrected chi connectivity index (χ4v) is 5.33. The maximum Gasteiger partial charge on any atom is 0.252 e. The summed E-state index contributed by atoms with van der Waals surface area (Å²) in [5.41, 5.74) is 13.7. The Labute approximate surface area is 237 Å². The Morgan fingerprint density at radius 2 is 1.74 bits per heavy atom. The van der Waals surface area contributed by atoms with E-state index >= 15 is 0 Å². The monoisotopic (exact) mass is 592 g/mol. The molecule has 1 aliphatic heterocycles. The first-order valence-electron chi connectivity index (χ1n) is 12.9. The Bertz CT molecular complexity index is 1380. The van der Waals surface area contributed by atoms with Crippen LogP contribution in [0, 0.1) is 6.92 Å². The van der Waals surface area contributed by atoms with E-state index in [1.165, 1.54) is 20.5 Å². The molecule has 3 N–H and O–H groups in total. The summed E-state index contributed by atoms with van der Waals surface area (Å²) in [4.78, 5) is 39.6. The second-order valence-corrected chi connectivity index (χ2v) is 10.5. The molecule has 0 unspecified atom stereocenters. The quantitative estimate of drug-likeness (QED) is 0.252. The van der Waals surface area contributed by atoms with Crippen LogP contribution in [0.5, 0.6) is 5.75 Å². The number of nitrogens with two attached hydrogens (primary N) is 1. The number of ether oxygens (including phenoxy) is 1. The molecular weight excluding hydrogens is 560 g/mol. The second kappa shape index (κ2) is 12.3. The molecule has 1 saturated heterocycles. The molecule has 0 aromatic heterocycles. The molecule has 9 heteroatoms. The van der Waals surface area contributed by atoms with Crippen LogP contribution in [0.2, 0.25) is 0 Å². The van der Waals surface area contributed by atoms with Gasteiger partial charge < -0.3 is 15.4 Å². The van der Waals surface area contributed by atoms with Gasteiger partial charge in [-0.25, -0.2) is 0 Å². The van der Waals surface area contributed by atoms with E-state index in [4.69, 9.17) is 10.5 Å². The van der Waals surface area contributed by atoms with Gasteiger partial charge in [0, 0.05) is 23.1 Å². The molecule has 39 heavy (non-hydrogen) atoms. The van der Waals surface area contributed by atoms with E-state index in [-0.39, 0.29) is 23.7 Å². The number of anilines is 3. The lowest BCUT2D eigenvalue weighted by atomic mass is 10.1. The van der Waals surface area contributed by atoms with E-state index in [1.807, 2.05) is 31.2 Å². The zero-order valence-electron chi connectivity index (χ0n) is 22.4. The highest BCUT2D eigenvalue weighted by Gasteiger charge is 2.24. The maximum atomic E-state index is 13.5. The van der Waals surface area contributed by atoms with Crippen LogP contribution >= 0.6 is 15.9 Å². The highest BCUT2D eigenvalue weighted by atomic mass is 79.9. The molecule has 1 fully saturated rings. The molecule has 0 spiro atoms. The van der Waals surface area contributed by atoms with Gasteiger partial charge in [0.1, 0.15) is 5.75 Å². The third kappa shape index (κ3) is 6.42. The number of nitrogens with one attached hydrogen (secondary N) is 1. The topological polar surface area (TPSA) is 105 Å². The largest absolute Gasteiger partial charge is 0.496 e. The van der Waals surface area contributed by atoms with Gasteiger partial charge in [-0.15, -0.1) is 0 Å². The van der Waals surface area contributed by atoms with Crippen LogP contribution in [-0.4, -0.2) is 37.8 Å². The number of para-hydroxylation sites is 1. The van der Waals surface area contributed by atoms with E-state index in [0.29, 0.717) is 21.3 Å². The lowest BCUT2D eigenvalue weighted by molar-refractivity contribution is -0.120. The minimum Gasteiger partial charge on any atom is -0.496 e. The lowest BCUT2D eigenvalue weighted by Crippen LogP contribution is -2.41. The van der Waals surface area contributed by atoms with Gasteiger partial charge in [0.15, 0.2) is 5.78 Å². The Morgan fingerprint density at radius 1 is 1.05 bits per heavy atom. The number of rotatable bonds is 9. The lowest BCUT2D eigenvalue weighted by Gasteiger charge is -2.35. The molecule has 0 atom stereocenters. The summed E-state index contributed by atoms with van der Waals surface area (Å²) >= 11 is 3.46. The standard InChI is InChI=1S/C30H33BrN4O4/c1-19-8-7-9-26(34-14-5-4-6-15-34)29(19)35(23-12-10-21(11-13-23)20(2)36)33-28(37)17-22-16-27(39-3)24(30(32)38)18-25(22)31/h7-13,16,18H,4-6,14-15,17H2,1-3H3,(H2,32,38)(H,33,37). The van der Waals surface area contributed by atoms with Gasteiger partial charge in [0.05, 0.1) is 36.2 Å². The first-order chi connectivity index (χ1) is 18.7. The van der Waals surface area contributed by atoms with Gasteiger partial charge >= 0.3 is 0 Å². The number of halogens is 1. The summed E-state index contributed by atoms with van der Waals surface area (Å²) in [6, 6.07) is 16.6. The van der Waals surface area contributed by atoms with Crippen molar-refractivity contribution in [3.8, 4) is 5.75 Å². The normalized spacial score (nSPS) is 13.1. The van der Waals surface area contributed by atoms with Crippen molar-refractivity contribution in [1.82, 2.24) is 5.43 Å². The first-order valence-corrected chi connectivity index (χ1v) is 13.7. The number of amides is 2. The number of hydrazine groups is 1. The van der Waals surface area contributed by atoms with Crippen molar-refractivity contribution >= 4 is 50.6 Å². The van der Waals surface area contributed by atoms with Crippen molar-refractivity contribution < 1.29 is 19.1 Å². The molecular formula is C30H33BrN4O4. The Kier molecular flexibility index (Phi) is 8.91. The first kappa shape index (κ1) is 28.2. The third-order valence-electron chi connectivity index (χ3n) is 6.89. The minimum absolute atomic E-state index is 0.0168. The number of hydrogen-bond donors (Lipinski definition) is 2. The number of Topliss-reactive ketones (excluding diaryl/α,β-unsaturated/α-hetero) is 1. The fourth-order valence-electron chi connectivity index (χ4n) is 4.85. The minimum atomic E-state index is -0.617. The molecule has 8 nitrogen and oxygen atoms in total. The van der Waals surface area contributed by atoms with E-state index in [0.717, 1.165) is 48.6 Å². The van der Waals surface area contributed by atoms with Gasteiger partial charge in [-0.1, -0.05) is 28.1 Å². The highest BCUT2D eigenvalue weighted by molar-refractivity contribution is 9.10. The summed E-state index contributed by atoms with van der Waals surface area (Å²) < 4.78 is 5.91. The van der Waals surface area contributed by atoms with Crippen molar-refractivity contribution in [1.29, 1.82) is 0 Å². The Morgan fingerprint density at radius 3 is 2.36 bits per heavy atom. The van der Waals surface area contributed by atoms with Gasteiger partial charge in [0.2, 0.25) is 5.91 Å². The SMILES string of the molecule is COc1cc(CC(=O)NN(c2ccc(C(C)=O)cc2)c2c(C)cccc2N2CCCCC2)c(Br)cc1C(N)=O. The van der Waals surface area contributed by atoms with Crippen molar-refractivity contribution in [2.45, 2.75) is 39.5 Å². The summed E-state index contributed by atoms with van der Waals surface area (Å²) in [6.07, 6.45) is 3.45. The van der Waals surface area contributed by atoms with Crippen LogP contribution < -0.4 is 25.8 Å². The molecule has 2 amide bonds. The van der Waals surface area contributed by atoms with Crippen molar-refractivity contribution in [2.24, 2.45) is 5.73 Å². The molecule has 1 heterocycles. The maximum absolute atomic E-state index is 13.5. The van der Waals surface area contributed by atoms with Crippen molar-refractivity contribution in [3.05, 3.63) is 81.3 Å². The number of hydrogen-bond acceptors (Lipinski definition) is 6. The molecule has 3 aromatic rings. The number of piperidine rings is 1. The van der Waals surface area contributed by atoms with E-state index in [9.17, 15) is 14.4 Å². The smallest absolute Gasteiger partial charge is 0.252 e. The van der Waals surface area contributed by atoms with E-state index in [2.05, 4.69) is 32.3 Å². The number of carbonyl (C=O) groups excluding carboxylic acids is 3. The fraction of sp³-hybridized carbons (Fsp3) is 0.300. The number of nitrogens with zero attached hydrogens (tertiary/aromatic N) is 2. The van der Waals surface area contributed by atoms with Crippen LogP contribution in [-0.2, 0) is 11.2 Å². The number of carbonyl (C=O) groups is 3. The number of ketones is 1. The molecule has 3 aromatic carbocycles. The van der Waals surface area contributed by atoms with Gasteiger partial charge in [-0.05, 0) is 86.7 Å². The summed E-state index contributed by atoms with van der Waals surface area (Å²) in [7, 11) is 1.45. The molecule has 1 aliphatic rings. The second-order valence-electron chi connectivity index (χ2n) is 9.65. The van der Waals surface area contributed by atoms with Crippen molar-refractivity contribution in [3.63, 3.8) is 0 Å². The summed E-state index contributed by atoms with van der Waals surface area (Å²) in [6.45, 7) is 5.44.